The molecule has 488 valence electrons. The molecule has 0 aliphatic heterocycles. The molecule has 0 amide bonds. The van der Waals surface area contributed by atoms with Crippen molar-refractivity contribution in [1.82, 2.24) is 0 Å². The third-order valence-electron chi connectivity index (χ3n) is 15.5. The normalized spacial score (nSPS) is 13.4. The second-order valence-corrected chi connectivity index (χ2v) is 25.2. The monoisotopic (exact) mass is 1200 g/mol. The Balaban J connectivity index is 3.87. The topological polar surface area (TPSA) is 134 Å². The SMILES string of the molecule is CC/C=C\C/C=C\C/C=C\C/C=C\C/C=C\C/C=C\C/C=C\CCCCCCCCCC(=O)OC(COC(=O)CCCCCCCCCCCCCCCCCCCCCCCCCCCCCCCCCCCC)COP(=O)(O)OCCN. The fourth-order valence-corrected chi connectivity index (χ4v) is 11.1. The van der Waals surface area contributed by atoms with Gasteiger partial charge >= 0.3 is 19.8 Å². The number of hydrogen-bond donors (Lipinski definition) is 2. The van der Waals surface area contributed by atoms with E-state index in [4.69, 9.17) is 24.3 Å². The van der Waals surface area contributed by atoms with Crippen LogP contribution in [0.15, 0.2) is 85.1 Å². The molecule has 0 heterocycles. The highest BCUT2D eigenvalue weighted by Crippen LogP contribution is 2.43. The molecule has 0 aliphatic carbocycles. The number of carbonyl (C=O) groups excluding carboxylic acids is 2. The minimum Gasteiger partial charge on any atom is -0.462 e. The second-order valence-electron chi connectivity index (χ2n) is 23.7. The molecule has 0 bridgehead atoms. The van der Waals surface area contributed by atoms with Crippen LogP contribution >= 0.6 is 7.82 Å². The summed E-state index contributed by atoms with van der Waals surface area (Å²) in [5.41, 5.74) is 5.40. The molecule has 0 aromatic carbocycles. The molecule has 0 fully saturated rings. The van der Waals surface area contributed by atoms with E-state index in [1.807, 2.05) is 0 Å². The molecule has 0 saturated heterocycles. The van der Waals surface area contributed by atoms with Gasteiger partial charge in [-0.05, 0) is 70.6 Å². The Labute approximate surface area is 519 Å². The van der Waals surface area contributed by atoms with E-state index in [1.165, 1.54) is 218 Å². The lowest BCUT2D eigenvalue weighted by molar-refractivity contribution is -0.161. The standard InChI is InChI=1S/C74H134NO8P/c1-3-5-7-9-11-13-15-17-19-21-23-25-27-29-31-33-34-35-36-37-39-40-42-44-46-48-50-52-54-56-58-60-62-64-66-73(76)80-70-72(71-82-84(78,79)81-69-68-75)83-74(77)67-65-63-61-59-57-55-53-51-49-47-45-43-41-38-32-30-28-26-24-22-20-18-16-14-12-10-8-6-4-2/h6,8,12,14,18,20,24,26,30,32,41,43,47,49,72H,3-5,7,9-11,13,15-17,19,21-23,25,27-29,31,33-40,42,44-46,48,50-71,75H2,1-2H3,(H,78,79)/b8-6-,14-12-,20-18-,26-24-,32-30-,43-41-,49-47-. The van der Waals surface area contributed by atoms with Crippen molar-refractivity contribution < 1.29 is 37.6 Å². The smallest absolute Gasteiger partial charge is 0.462 e. The second kappa shape index (κ2) is 69.3. The first-order chi connectivity index (χ1) is 41.3. The zero-order valence-electron chi connectivity index (χ0n) is 54.9. The average molecular weight is 1200 g/mol. The zero-order valence-corrected chi connectivity index (χ0v) is 55.8. The van der Waals surface area contributed by atoms with Crippen LogP contribution in [0.1, 0.15) is 341 Å². The van der Waals surface area contributed by atoms with E-state index >= 15 is 0 Å². The highest BCUT2D eigenvalue weighted by atomic mass is 31.2. The number of allylic oxidation sites excluding steroid dienone is 14. The fourth-order valence-electron chi connectivity index (χ4n) is 10.3. The molecule has 0 spiro atoms. The van der Waals surface area contributed by atoms with Crippen molar-refractivity contribution in [2.75, 3.05) is 26.4 Å². The van der Waals surface area contributed by atoms with Crippen LogP contribution in [0.4, 0.5) is 0 Å². The summed E-state index contributed by atoms with van der Waals surface area (Å²) in [4.78, 5) is 35.4. The van der Waals surface area contributed by atoms with Gasteiger partial charge in [0.25, 0.3) is 0 Å². The minimum atomic E-state index is -4.40. The number of ether oxygens (including phenoxy) is 2. The molecule has 0 aliphatic rings. The molecule has 0 rings (SSSR count). The lowest BCUT2D eigenvalue weighted by Gasteiger charge is -2.19. The van der Waals surface area contributed by atoms with Crippen LogP contribution in [0, 0.1) is 0 Å². The number of hydrogen-bond acceptors (Lipinski definition) is 8. The third kappa shape index (κ3) is 68.3. The van der Waals surface area contributed by atoms with Gasteiger partial charge in [-0.15, -0.1) is 0 Å². The lowest BCUT2D eigenvalue weighted by Crippen LogP contribution is -2.29. The van der Waals surface area contributed by atoms with Crippen LogP contribution < -0.4 is 5.73 Å². The summed E-state index contributed by atoms with van der Waals surface area (Å²) in [7, 11) is -4.40. The highest BCUT2D eigenvalue weighted by Gasteiger charge is 2.26. The Morgan fingerprint density at radius 3 is 0.976 bits per heavy atom. The van der Waals surface area contributed by atoms with Gasteiger partial charge in [-0.2, -0.15) is 0 Å². The van der Waals surface area contributed by atoms with Gasteiger partial charge in [-0.3, -0.25) is 18.6 Å². The highest BCUT2D eigenvalue weighted by molar-refractivity contribution is 7.47. The Morgan fingerprint density at radius 1 is 0.369 bits per heavy atom. The number of carbonyl (C=O) groups is 2. The maximum atomic E-state index is 12.8. The van der Waals surface area contributed by atoms with Crippen molar-refractivity contribution >= 4 is 19.8 Å². The summed E-state index contributed by atoms with van der Waals surface area (Å²) >= 11 is 0. The predicted molar refractivity (Wildman–Crippen MR) is 362 cm³/mol. The van der Waals surface area contributed by atoms with Gasteiger partial charge in [-0.1, -0.05) is 343 Å². The van der Waals surface area contributed by atoms with E-state index < -0.39 is 26.5 Å². The predicted octanol–water partition coefficient (Wildman–Crippen LogP) is 23.4. The Kier molecular flexibility index (Phi) is 67.0. The van der Waals surface area contributed by atoms with Gasteiger partial charge < -0.3 is 20.1 Å². The minimum absolute atomic E-state index is 0.0490. The van der Waals surface area contributed by atoms with E-state index in [9.17, 15) is 19.0 Å². The molecule has 84 heavy (non-hydrogen) atoms. The molecule has 2 atom stereocenters. The maximum Gasteiger partial charge on any atom is 0.472 e. The largest absolute Gasteiger partial charge is 0.472 e. The summed E-state index contributed by atoms with van der Waals surface area (Å²) in [6.07, 6.45) is 92.6. The molecule has 2 unspecified atom stereocenters. The van der Waals surface area contributed by atoms with E-state index in [2.05, 4.69) is 98.9 Å². The van der Waals surface area contributed by atoms with Crippen LogP contribution in [-0.2, 0) is 32.7 Å². The number of phosphoric acid groups is 1. The van der Waals surface area contributed by atoms with E-state index in [-0.39, 0.29) is 38.6 Å². The summed E-state index contributed by atoms with van der Waals surface area (Å²) < 4.78 is 33.2. The van der Waals surface area contributed by atoms with E-state index in [0.717, 1.165) is 89.9 Å². The summed E-state index contributed by atoms with van der Waals surface area (Å²) in [5.74, 6) is -0.830. The molecule has 9 nitrogen and oxygen atoms in total. The van der Waals surface area contributed by atoms with Crippen LogP contribution in [-0.4, -0.2) is 49.3 Å². The third-order valence-corrected chi connectivity index (χ3v) is 16.5. The summed E-state index contributed by atoms with van der Waals surface area (Å²) in [6.45, 7) is 3.66. The fraction of sp³-hybridized carbons (Fsp3) is 0.784. The number of phosphoric ester groups is 1. The van der Waals surface area contributed by atoms with Crippen molar-refractivity contribution in [1.29, 1.82) is 0 Å². The van der Waals surface area contributed by atoms with Crippen LogP contribution in [0.3, 0.4) is 0 Å². The molecule has 0 aromatic heterocycles. The number of esters is 2. The van der Waals surface area contributed by atoms with Crippen LogP contribution in [0.5, 0.6) is 0 Å². The van der Waals surface area contributed by atoms with Gasteiger partial charge in [0, 0.05) is 19.4 Å². The summed E-state index contributed by atoms with van der Waals surface area (Å²) in [5, 5.41) is 0. The van der Waals surface area contributed by atoms with Gasteiger partial charge in [-0.25, -0.2) is 4.57 Å². The van der Waals surface area contributed by atoms with Crippen LogP contribution in [0.25, 0.3) is 0 Å². The van der Waals surface area contributed by atoms with Crippen molar-refractivity contribution in [3.8, 4) is 0 Å². The van der Waals surface area contributed by atoms with Crippen molar-refractivity contribution in [3.63, 3.8) is 0 Å². The molecule has 0 saturated carbocycles. The summed E-state index contributed by atoms with van der Waals surface area (Å²) in [6, 6.07) is 0. The Morgan fingerprint density at radius 2 is 0.655 bits per heavy atom. The van der Waals surface area contributed by atoms with Gasteiger partial charge in [0.1, 0.15) is 6.61 Å². The number of unbranched alkanes of at least 4 members (excludes halogenated alkanes) is 40. The zero-order chi connectivity index (χ0) is 60.9. The molecular weight excluding hydrogens is 1060 g/mol. The van der Waals surface area contributed by atoms with Crippen molar-refractivity contribution in [3.05, 3.63) is 85.1 Å². The number of rotatable bonds is 67. The first-order valence-electron chi connectivity index (χ1n) is 35.6. The first-order valence-corrected chi connectivity index (χ1v) is 37.1. The lowest BCUT2D eigenvalue weighted by atomic mass is 10.0. The van der Waals surface area contributed by atoms with Gasteiger partial charge in [0.05, 0.1) is 13.2 Å². The van der Waals surface area contributed by atoms with Crippen molar-refractivity contribution in [2.24, 2.45) is 5.73 Å². The van der Waals surface area contributed by atoms with Crippen molar-refractivity contribution in [2.45, 2.75) is 347 Å². The Hall–Kier alpha value is -2.81. The molecule has 10 heteroatoms. The van der Waals surface area contributed by atoms with E-state index in [0.29, 0.717) is 6.42 Å². The Bertz CT molecular complexity index is 1650. The van der Waals surface area contributed by atoms with Gasteiger partial charge in [0.2, 0.25) is 0 Å². The molecular formula is C74H134NO8P. The number of nitrogens with two attached hydrogens (primary N) is 1. The average Bonchev–Trinajstić information content (AvgIpc) is 3.58. The molecule has 0 radical (unpaired) electrons. The molecule has 3 N–H and O–H groups in total. The van der Waals surface area contributed by atoms with Gasteiger partial charge in [0.15, 0.2) is 6.10 Å². The first kappa shape index (κ1) is 81.2. The maximum absolute atomic E-state index is 12.8. The molecule has 0 aromatic rings. The quantitative estimate of drug-likeness (QED) is 0.0264. The van der Waals surface area contributed by atoms with Crippen LogP contribution in [0.2, 0.25) is 0 Å². The van der Waals surface area contributed by atoms with E-state index in [1.54, 1.807) is 0 Å².